The van der Waals surface area contributed by atoms with Crippen LogP contribution in [0.1, 0.15) is 39.1 Å². The molecule has 0 bridgehead atoms. The van der Waals surface area contributed by atoms with Crippen LogP contribution in [0, 0.1) is 13.8 Å². The van der Waals surface area contributed by atoms with Gasteiger partial charge in [0.05, 0.1) is 37.8 Å². The number of aryl methyl sites for hydroxylation is 2. The fraction of sp³-hybridized carbons (Fsp3) is 0.714. The van der Waals surface area contributed by atoms with Gasteiger partial charge >= 0.3 is 15.2 Å². The van der Waals surface area contributed by atoms with E-state index < -0.39 is 15.2 Å². The van der Waals surface area contributed by atoms with Crippen LogP contribution in [-0.4, -0.2) is 36.4 Å². The summed E-state index contributed by atoms with van der Waals surface area (Å²) >= 11 is 0. The van der Waals surface area contributed by atoms with Crippen LogP contribution in [-0.2, 0) is 27.2 Å². The minimum Gasteiger partial charge on any atom is -0.304 e. The normalized spacial score (nSPS) is 12.6. The minimum absolute atomic E-state index is 0.118. The average Bonchev–Trinajstić information content (AvgIpc) is 2.50. The van der Waals surface area contributed by atoms with Crippen molar-refractivity contribution in [1.82, 2.24) is 9.97 Å². The molecule has 24 heavy (non-hydrogen) atoms. The lowest BCUT2D eigenvalue weighted by atomic mass is 10.4. The Balaban J connectivity index is 3.45. The highest BCUT2D eigenvalue weighted by Crippen LogP contribution is 2.49. The Bertz CT molecular complexity index is 577. The number of nitrogens with zero attached hydrogens (tertiary/aromatic N) is 2. The Morgan fingerprint density at radius 2 is 0.917 bits per heavy atom. The molecule has 1 heterocycles. The molecule has 0 fully saturated rings. The predicted octanol–water partition coefficient (Wildman–Crippen LogP) is 2.88. The quantitative estimate of drug-likeness (QED) is 0.572. The molecule has 0 aromatic carbocycles. The van der Waals surface area contributed by atoms with E-state index in [0.29, 0.717) is 11.4 Å². The third kappa shape index (κ3) is 4.72. The lowest BCUT2D eigenvalue weighted by Gasteiger charge is -2.21. The number of hydrogen-bond donors (Lipinski definition) is 0. The van der Waals surface area contributed by atoms with Crippen molar-refractivity contribution in [3.8, 4) is 0 Å². The summed E-state index contributed by atoms with van der Waals surface area (Å²) in [6.45, 7) is 10.9. The second-order valence-electron chi connectivity index (χ2n) is 4.71. The van der Waals surface area contributed by atoms with Crippen molar-refractivity contribution >= 4 is 26.1 Å². The van der Waals surface area contributed by atoms with E-state index in [4.69, 9.17) is 18.1 Å². The largest absolute Gasteiger partial charge is 0.381 e. The zero-order valence-electron chi connectivity index (χ0n) is 15.1. The fourth-order valence-corrected chi connectivity index (χ4v) is 5.53. The Labute approximate surface area is 143 Å². The predicted molar refractivity (Wildman–Crippen MR) is 92.5 cm³/mol. The van der Waals surface area contributed by atoms with Crippen LogP contribution in [0.4, 0.5) is 0 Å². The Morgan fingerprint density at radius 3 is 1.12 bits per heavy atom. The van der Waals surface area contributed by atoms with Gasteiger partial charge in [0.15, 0.2) is 10.9 Å². The molecule has 0 unspecified atom stereocenters. The van der Waals surface area contributed by atoms with Crippen molar-refractivity contribution in [1.29, 1.82) is 0 Å². The van der Waals surface area contributed by atoms with Gasteiger partial charge in [-0.25, -0.2) is 9.97 Å². The maximum absolute atomic E-state index is 12.9. The highest BCUT2D eigenvalue weighted by molar-refractivity contribution is 7.62. The SMILES string of the molecule is CCOP(=O)(OCC)c1nc(C)c(P(=O)(OCC)OCC)nc1C. The molecular weight excluding hydrogens is 354 g/mol. The lowest BCUT2D eigenvalue weighted by molar-refractivity contribution is 0.227. The molecule has 0 N–H and O–H groups in total. The molecule has 0 atom stereocenters. The van der Waals surface area contributed by atoms with Crippen molar-refractivity contribution in [3.05, 3.63) is 11.4 Å². The first-order valence-electron chi connectivity index (χ1n) is 7.92. The van der Waals surface area contributed by atoms with E-state index >= 15 is 0 Å². The van der Waals surface area contributed by atoms with Gasteiger partial charge in [0.1, 0.15) is 0 Å². The molecule has 1 rings (SSSR count). The molecule has 1 aromatic heterocycles. The molecule has 0 saturated heterocycles. The van der Waals surface area contributed by atoms with Crippen molar-refractivity contribution in [3.63, 3.8) is 0 Å². The van der Waals surface area contributed by atoms with Gasteiger partial charge in [-0.15, -0.1) is 0 Å². The number of aromatic nitrogens is 2. The van der Waals surface area contributed by atoms with Gasteiger partial charge < -0.3 is 18.1 Å². The maximum atomic E-state index is 12.9. The van der Waals surface area contributed by atoms with Crippen LogP contribution < -0.4 is 10.9 Å². The second kappa shape index (κ2) is 9.18. The van der Waals surface area contributed by atoms with Crippen molar-refractivity contribution in [2.45, 2.75) is 41.5 Å². The molecule has 0 aliphatic heterocycles. The van der Waals surface area contributed by atoms with E-state index in [1.807, 2.05) is 0 Å². The molecule has 138 valence electrons. The van der Waals surface area contributed by atoms with Crippen LogP contribution in [0.25, 0.3) is 0 Å². The molecule has 0 spiro atoms. The van der Waals surface area contributed by atoms with E-state index in [1.54, 1.807) is 41.5 Å². The van der Waals surface area contributed by atoms with Crippen LogP contribution >= 0.6 is 15.2 Å². The van der Waals surface area contributed by atoms with Crippen molar-refractivity contribution < 1.29 is 27.2 Å². The highest BCUT2D eigenvalue weighted by Gasteiger charge is 2.36. The van der Waals surface area contributed by atoms with Gasteiger partial charge in [0, 0.05) is 0 Å². The maximum Gasteiger partial charge on any atom is 0.381 e. The Morgan fingerprint density at radius 1 is 0.667 bits per heavy atom. The molecule has 0 radical (unpaired) electrons. The topological polar surface area (TPSA) is 96.8 Å². The summed E-state index contributed by atoms with van der Waals surface area (Å²) < 4.78 is 47.1. The average molecular weight is 380 g/mol. The van der Waals surface area contributed by atoms with Gasteiger partial charge in [-0.3, -0.25) is 9.13 Å². The van der Waals surface area contributed by atoms with Crippen molar-refractivity contribution in [2.75, 3.05) is 26.4 Å². The minimum atomic E-state index is -3.58. The summed E-state index contributed by atoms with van der Waals surface area (Å²) in [4.78, 5) is 8.61. The molecule has 10 heteroatoms. The molecule has 0 aliphatic carbocycles. The first kappa shape index (κ1) is 21.4. The van der Waals surface area contributed by atoms with Crippen LogP contribution in [0.3, 0.4) is 0 Å². The summed E-state index contributed by atoms with van der Waals surface area (Å²) in [6.07, 6.45) is 0. The van der Waals surface area contributed by atoms with Crippen LogP contribution in [0.2, 0.25) is 0 Å². The van der Waals surface area contributed by atoms with Gasteiger partial charge in [-0.1, -0.05) is 0 Å². The fourth-order valence-electron chi connectivity index (χ4n) is 2.10. The summed E-state index contributed by atoms with van der Waals surface area (Å²) in [6, 6.07) is 0. The summed E-state index contributed by atoms with van der Waals surface area (Å²) in [5, 5.41) is 0. The second-order valence-corrected chi connectivity index (χ2v) is 8.58. The van der Waals surface area contributed by atoms with Crippen LogP contribution in [0.15, 0.2) is 0 Å². The summed E-state index contributed by atoms with van der Waals surface area (Å²) in [5.74, 6) is 0. The Kier molecular flexibility index (Phi) is 8.20. The molecular formula is C14H26N2O6P2. The van der Waals surface area contributed by atoms with E-state index in [1.165, 1.54) is 0 Å². The zero-order chi connectivity index (χ0) is 18.4. The van der Waals surface area contributed by atoms with E-state index in [0.717, 1.165) is 0 Å². The molecule has 0 aliphatic rings. The standard InChI is InChI=1S/C14H26N2O6P2/c1-7-19-23(17,20-8-2)13-11(5)16-14(12(6)15-13)24(18,21-9-3)22-10-4/h7-10H2,1-6H3. The van der Waals surface area contributed by atoms with E-state index in [2.05, 4.69) is 9.97 Å². The first-order valence-corrected chi connectivity index (χ1v) is 11.0. The van der Waals surface area contributed by atoms with Gasteiger partial charge in [0.25, 0.3) is 0 Å². The zero-order valence-corrected chi connectivity index (χ0v) is 16.9. The summed E-state index contributed by atoms with van der Waals surface area (Å²) in [7, 11) is -7.17. The smallest absolute Gasteiger partial charge is 0.304 e. The van der Waals surface area contributed by atoms with Gasteiger partial charge in [-0.05, 0) is 41.5 Å². The molecule has 1 aromatic rings. The number of hydrogen-bond acceptors (Lipinski definition) is 8. The third-order valence-electron chi connectivity index (χ3n) is 2.91. The Hall–Kier alpha value is -0.620. The van der Waals surface area contributed by atoms with E-state index in [9.17, 15) is 9.13 Å². The van der Waals surface area contributed by atoms with Gasteiger partial charge in [-0.2, -0.15) is 0 Å². The third-order valence-corrected chi connectivity index (χ3v) is 7.19. The first-order chi connectivity index (χ1) is 11.3. The highest BCUT2D eigenvalue weighted by atomic mass is 31.2. The van der Waals surface area contributed by atoms with Crippen molar-refractivity contribution in [2.24, 2.45) is 0 Å². The lowest BCUT2D eigenvalue weighted by Crippen LogP contribution is -2.28. The van der Waals surface area contributed by atoms with Gasteiger partial charge in [0.2, 0.25) is 0 Å². The summed E-state index contributed by atoms with van der Waals surface area (Å²) in [5.41, 5.74) is 0.847. The monoisotopic (exact) mass is 380 g/mol. The molecule has 8 nitrogen and oxygen atoms in total. The molecule has 0 saturated carbocycles. The van der Waals surface area contributed by atoms with E-state index in [-0.39, 0.29) is 37.3 Å². The van der Waals surface area contributed by atoms with Crippen LogP contribution in [0.5, 0.6) is 0 Å². The number of rotatable bonds is 10. The molecule has 0 amide bonds.